The average Bonchev–Trinajstić information content (AvgIpc) is 3.29. The number of carbonyl (C=O) groups is 1. The van der Waals surface area contributed by atoms with Gasteiger partial charge in [0, 0.05) is 17.2 Å². The van der Waals surface area contributed by atoms with Gasteiger partial charge in [-0.05, 0) is 75.5 Å². The van der Waals surface area contributed by atoms with Gasteiger partial charge in [0.1, 0.15) is 0 Å². The summed E-state index contributed by atoms with van der Waals surface area (Å²) in [5, 5.41) is 7.37. The molecule has 5 nitrogen and oxygen atoms in total. The Labute approximate surface area is 169 Å². The minimum Gasteiger partial charge on any atom is -0.349 e. The van der Waals surface area contributed by atoms with E-state index in [9.17, 15) is 9.59 Å². The second-order valence-corrected chi connectivity index (χ2v) is 8.76. The summed E-state index contributed by atoms with van der Waals surface area (Å²) in [6.45, 7) is 5.57. The summed E-state index contributed by atoms with van der Waals surface area (Å²) in [6, 6.07) is 5.36. The van der Waals surface area contributed by atoms with Gasteiger partial charge in [-0.25, -0.2) is 4.79 Å². The molecule has 4 rings (SSSR count). The molecular weight excluding hydrogens is 376 g/mol. The van der Waals surface area contributed by atoms with E-state index in [0.717, 1.165) is 17.4 Å². The Hall–Kier alpha value is -2.14. The van der Waals surface area contributed by atoms with Gasteiger partial charge in [-0.15, -0.1) is 0 Å². The van der Waals surface area contributed by atoms with Gasteiger partial charge < -0.3 is 9.84 Å². The lowest BCUT2D eigenvalue weighted by Crippen LogP contribution is -2.40. The Bertz CT molecular complexity index is 984. The number of carbonyl (C=O) groups excluding carboxylic acids is 1. The highest BCUT2D eigenvalue weighted by molar-refractivity contribution is 6.34. The van der Waals surface area contributed by atoms with Gasteiger partial charge in [0.2, 0.25) is 0 Å². The number of hydrogen-bond acceptors (Lipinski definition) is 4. The number of nitrogens with zero attached hydrogens (tertiary/aromatic N) is 1. The molecule has 0 unspecified atom stereocenters. The minimum atomic E-state index is -0.480. The molecule has 2 aliphatic carbocycles. The number of aryl methyl sites for hydroxylation is 1. The first-order chi connectivity index (χ1) is 13.3. The maximum absolute atomic E-state index is 13.0. The Kier molecular flexibility index (Phi) is 5.04. The van der Waals surface area contributed by atoms with Crippen molar-refractivity contribution in [3.05, 3.63) is 50.5 Å². The quantitative estimate of drug-likeness (QED) is 0.818. The van der Waals surface area contributed by atoms with Gasteiger partial charge in [0.05, 0.1) is 16.3 Å². The Balaban J connectivity index is 1.60. The normalized spacial score (nSPS) is 24.4. The lowest BCUT2D eigenvalue weighted by atomic mass is 9.84. The molecule has 2 aromatic rings. The second kappa shape index (κ2) is 7.36. The number of halogens is 1. The highest BCUT2D eigenvalue weighted by Gasteiger charge is 2.42. The molecule has 2 saturated carbocycles. The number of aromatic nitrogens is 1. The van der Waals surface area contributed by atoms with Gasteiger partial charge in [-0.1, -0.05) is 29.2 Å². The van der Waals surface area contributed by atoms with Crippen LogP contribution in [0.25, 0.3) is 11.1 Å². The first-order valence-corrected chi connectivity index (χ1v) is 10.3. The lowest BCUT2D eigenvalue weighted by Gasteiger charge is -2.28. The average molecular weight is 401 g/mol. The van der Waals surface area contributed by atoms with Gasteiger partial charge in [-0.2, -0.15) is 0 Å². The molecule has 0 saturated heterocycles. The zero-order valence-electron chi connectivity index (χ0n) is 16.4. The van der Waals surface area contributed by atoms with Gasteiger partial charge in [0.25, 0.3) is 5.91 Å². The maximum atomic E-state index is 13.0. The second-order valence-electron chi connectivity index (χ2n) is 8.35. The van der Waals surface area contributed by atoms with E-state index in [4.69, 9.17) is 16.1 Å². The summed E-state index contributed by atoms with van der Waals surface area (Å²) < 4.78 is 4.78. The predicted octanol–water partition coefficient (Wildman–Crippen LogP) is 4.53. The van der Waals surface area contributed by atoms with E-state index in [1.54, 1.807) is 32.0 Å². The number of amides is 1. The molecule has 0 aliphatic heterocycles. The number of benzene rings is 1. The van der Waals surface area contributed by atoms with E-state index in [2.05, 4.69) is 17.4 Å². The third-order valence-electron chi connectivity index (χ3n) is 6.60. The molecule has 6 heteroatoms. The lowest BCUT2D eigenvalue weighted by molar-refractivity contribution is 0.0915. The molecule has 2 fully saturated rings. The molecule has 1 heterocycles. The van der Waals surface area contributed by atoms with Crippen LogP contribution in [0.15, 0.2) is 27.5 Å². The van der Waals surface area contributed by atoms with E-state index in [-0.39, 0.29) is 11.9 Å². The molecule has 1 N–H and O–H groups in total. The van der Waals surface area contributed by atoms with E-state index in [1.165, 1.54) is 25.7 Å². The number of nitrogens with one attached hydrogen (secondary N) is 1. The standard InChI is InChI=1S/C22H25ClN2O3/c1-11-20(13(3)25-28-22(11)27)16-6-7-19(23)18(10-16)21(26)24-12(2)17-9-14-4-5-15(17)8-14/h6-7,10,12,14-15,17H,4-5,8-9H2,1-3H3,(H,24,26)/t12-,14+,15+,17+/m1/s1. The Morgan fingerprint density at radius 2 is 2.07 bits per heavy atom. The van der Waals surface area contributed by atoms with Crippen molar-refractivity contribution in [1.82, 2.24) is 10.5 Å². The largest absolute Gasteiger partial charge is 0.362 e. The molecule has 2 aliphatic rings. The summed E-state index contributed by atoms with van der Waals surface area (Å²) in [7, 11) is 0. The molecule has 28 heavy (non-hydrogen) atoms. The highest BCUT2D eigenvalue weighted by Crippen LogP contribution is 2.49. The summed E-state index contributed by atoms with van der Waals surface area (Å²) in [5.41, 5.74) is 2.42. The van der Waals surface area contributed by atoms with Crippen LogP contribution in [0.3, 0.4) is 0 Å². The topological polar surface area (TPSA) is 72.2 Å². The van der Waals surface area contributed by atoms with Crippen molar-refractivity contribution in [1.29, 1.82) is 0 Å². The van der Waals surface area contributed by atoms with Crippen LogP contribution in [0.2, 0.25) is 5.02 Å². The Morgan fingerprint density at radius 1 is 1.29 bits per heavy atom. The van der Waals surface area contributed by atoms with Gasteiger partial charge in [-0.3, -0.25) is 4.79 Å². The predicted molar refractivity (Wildman–Crippen MR) is 109 cm³/mol. The first kappa shape index (κ1) is 19.2. The van der Waals surface area contributed by atoms with E-state index in [1.807, 2.05) is 0 Å². The van der Waals surface area contributed by atoms with Crippen LogP contribution in [0.1, 0.15) is 54.2 Å². The van der Waals surface area contributed by atoms with Crippen LogP contribution in [0.5, 0.6) is 0 Å². The number of fused-ring (bicyclic) bond motifs is 2. The van der Waals surface area contributed by atoms with Crippen molar-refractivity contribution >= 4 is 17.5 Å². The zero-order chi connectivity index (χ0) is 20.0. The molecule has 0 radical (unpaired) electrons. The fraction of sp³-hybridized carbons (Fsp3) is 0.500. The van der Waals surface area contributed by atoms with Crippen molar-refractivity contribution in [3.8, 4) is 11.1 Å². The van der Waals surface area contributed by atoms with Crippen LogP contribution in [0, 0.1) is 31.6 Å². The summed E-state index contributed by atoms with van der Waals surface area (Å²) >= 11 is 6.34. The van der Waals surface area contributed by atoms with E-state index < -0.39 is 5.63 Å². The van der Waals surface area contributed by atoms with Crippen LogP contribution < -0.4 is 10.9 Å². The third kappa shape index (κ3) is 3.37. The molecule has 4 atom stereocenters. The summed E-state index contributed by atoms with van der Waals surface area (Å²) in [6.07, 6.45) is 5.15. The fourth-order valence-corrected chi connectivity index (χ4v) is 5.38. The van der Waals surface area contributed by atoms with Crippen molar-refractivity contribution in [2.45, 2.75) is 52.5 Å². The monoisotopic (exact) mass is 400 g/mol. The molecule has 148 valence electrons. The van der Waals surface area contributed by atoms with Crippen LogP contribution in [-0.4, -0.2) is 17.1 Å². The van der Waals surface area contributed by atoms with Gasteiger partial charge >= 0.3 is 5.63 Å². The highest BCUT2D eigenvalue weighted by atomic mass is 35.5. The zero-order valence-corrected chi connectivity index (χ0v) is 17.2. The van der Waals surface area contributed by atoms with Gasteiger partial charge in [0.15, 0.2) is 0 Å². The smallest absolute Gasteiger partial charge is 0.349 e. The van der Waals surface area contributed by atoms with Crippen LogP contribution in [0.4, 0.5) is 0 Å². The molecule has 2 bridgehead atoms. The van der Waals surface area contributed by atoms with E-state index >= 15 is 0 Å². The summed E-state index contributed by atoms with van der Waals surface area (Å²) in [5.74, 6) is 1.96. The van der Waals surface area contributed by atoms with Crippen molar-refractivity contribution in [2.75, 3.05) is 0 Å². The van der Waals surface area contributed by atoms with E-state index in [0.29, 0.717) is 33.3 Å². The minimum absolute atomic E-state index is 0.122. The number of rotatable bonds is 4. The maximum Gasteiger partial charge on any atom is 0.362 e. The molecule has 1 aromatic carbocycles. The molecule has 1 amide bonds. The SMILES string of the molecule is Cc1noc(=O)c(C)c1-c1ccc(Cl)c(C(=O)N[C@H](C)[C@@H]2C[C@H]3CC[C@H]2C3)c1. The van der Waals surface area contributed by atoms with Crippen molar-refractivity contribution in [2.24, 2.45) is 17.8 Å². The third-order valence-corrected chi connectivity index (χ3v) is 6.93. The molecular formula is C22H25ClN2O3. The van der Waals surface area contributed by atoms with Crippen LogP contribution in [-0.2, 0) is 0 Å². The van der Waals surface area contributed by atoms with Crippen molar-refractivity contribution < 1.29 is 9.32 Å². The fourth-order valence-electron chi connectivity index (χ4n) is 5.18. The molecule has 1 aromatic heterocycles. The molecule has 0 spiro atoms. The summed E-state index contributed by atoms with van der Waals surface area (Å²) in [4.78, 5) is 24.8. The van der Waals surface area contributed by atoms with Crippen LogP contribution >= 0.6 is 11.6 Å². The van der Waals surface area contributed by atoms with Crippen molar-refractivity contribution in [3.63, 3.8) is 0 Å². The number of hydrogen-bond donors (Lipinski definition) is 1. The first-order valence-electron chi connectivity index (χ1n) is 9.93. The Morgan fingerprint density at radius 3 is 2.75 bits per heavy atom.